The monoisotopic (exact) mass is 589 g/mol. The SMILES string of the molecule is c1ccc(-c2ccc(-c3ccnc(-c4cccc(-n5c6ccccc6c6ccc(-c7nc8ccccc8o7)cc65)c4)c3)cc2)cc1. The van der Waals surface area contributed by atoms with Gasteiger partial charge in [0.25, 0.3) is 0 Å². The molecular formula is C42H27N3O. The van der Waals surface area contributed by atoms with Crippen molar-refractivity contribution in [2.75, 3.05) is 0 Å². The van der Waals surface area contributed by atoms with Gasteiger partial charge in [-0.3, -0.25) is 4.98 Å². The lowest BCUT2D eigenvalue weighted by Crippen LogP contribution is -1.95. The summed E-state index contributed by atoms with van der Waals surface area (Å²) in [6, 6.07) is 55.0. The predicted molar refractivity (Wildman–Crippen MR) is 188 cm³/mol. The van der Waals surface area contributed by atoms with Gasteiger partial charge in [0.1, 0.15) is 5.52 Å². The van der Waals surface area contributed by atoms with E-state index in [-0.39, 0.29) is 0 Å². The lowest BCUT2D eigenvalue weighted by molar-refractivity contribution is 0.620. The number of benzene rings is 6. The Labute approximate surface area is 265 Å². The Kier molecular flexibility index (Phi) is 6.10. The van der Waals surface area contributed by atoms with Crippen LogP contribution in [-0.2, 0) is 0 Å². The van der Waals surface area contributed by atoms with Gasteiger partial charge < -0.3 is 8.98 Å². The maximum atomic E-state index is 6.15. The maximum Gasteiger partial charge on any atom is 0.227 e. The summed E-state index contributed by atoms with van der Waals surface area (Å²) in [4.78, 5) is 9.56. The highest BCUT2D eigenvalue weighted by Gasteiger charge is 2.16. The lowest BCUT2D eigenvalue weighted by Gasteiger charge is -2.11. The third kappa shape index (κ3) is 4.47. The Balaban J connectivity index is 1.13. The third-order valence-electron chi connectivity index (χ3n) is 8.70. The summed E-state index contributed by atoms with van der Waals surface area (Å²) in [5, 5.41) is 2.38. The predicted octanol–water partition coefficient (Wildman–Crippen LogP) is 11.0. The molecule has 0 saturated heterocycles. The Morgan fingerprint density at radius 3 is 2.02 bits per heavy atom. The van der Waals surface area contributed by atoms with Crippen molar-refractivity contribution in [3.8, 4) is 50.7 Å². The number of rotatable bonds is 5. The molecule has 0 saturated carbocycles. The molecule has 0 N–H and O–H groups in total. The molecule has 9 aromatic rings. The van der Waals surface area contributed by atoms with Gasteiger partial charge in [-0.1, -0.05) is 103 Å². The normalized spacial score (nSPS) is 11.5. The van der Waals surface area contributed by atoms with E-state index >= 15 is 0 Å². The van der Waals surface area contributed by atoms with Crippen LogP contribution in [0.2, 0.25) is 0 Å². The van der Waals surface area contributed by atoms with E-state index < -0.39 is 0 Å². The van der Waals surface area contributed by atoms with Crippen molar-refractivity contribution in [3.05, 3.63) is 164 Å². The number of hydrogen-bond donors (Lipinski definition) is 0. The summed E-state index contributed by atoms with van der Waals surface area (Å²) in [7, 11) is 0. The van der Waals surface area contributed by atoms with Crippen molar-refractivity contribution in [3.63, 3.8) is 0 Å². The Morgan fingerprint density at radius 1 is 0.457 bits per heavy atom. The summed E-state index contributed by atoms with van der Waals surface area (Å²) in [6.07, 6.45) is 1.90. The van der Waals surface area contributed by atoms with Crippen LogP contribution in [0, 0.1) is 0 Å². The van der Waals surface area contributed by atoms with Gasteiger partial charge >= 0.3 is 0 Å². The lowest BCUT2D eigenvalue weighted by atomic mass is 9.99. The first kappa shape index (κ1) is 26.2. The topological polar surface area (TPSA) is 43.9 Å². The number of aromatic nitrogens is 3. The van der Waals surface area contributed by atoms with Crippen molar-refractivity contribution in [2.45, 2.75) is 0 Å². The van der Waals surface area contributed by atoms with Crippen LogP contribution in [-0.4, -0.2) is 14.5 Å². The van der Waals surface area contributed by atoms with Gasteiger partial charge in [-0.15, -0.1) is 0 Å². The molecule has 0 atom stereocenters. The number of nitrogens with zero attached hydrogens (tertiary/aromatic N) is 3. The van der Waals surface area contributed by atoms with Gasteiger partial charge in [0.15, 0.2) is 5.58 Å². The molecule has 46 heavy (non-hydrogen) atoms. The minimum atomic E-state index is 0.617. The second-order valence-corrected chi connectivity index (χ2v) is 11.5. The average Bonchev–Trinajstić information content (AvgIpc) is 3.72. The van der Waals surface area contributed by atoms with E-state index in [1.807, 2.05) is 36.5 Å². The average molecular weight is 590 g/mol. The third-order valence-corrected chi connectivity index (χ3v) is 8.70. The molecule has 0 radical (unpaired) electrons. The molecule has 9 rings (SSSR count). The molecule has 6 aromatic carbocycles. The minimum absolute atomic E-state index is 0.617. The molecule has 0 aliphatic heterocycles. The zero-order valence-corrected chi connectivity index (χ0v) is 24.8. The van der Waals surface area contributed by atoms with Crippen LogP contribution in [0.4, 0.5) is 0 Å². The van der Waals surface area contributed by atoms with Crippen molar-refractivity contribution in [1.82, 2.24) is 14.5 Å². The molecule has 0 spiro atoms. The van der Waals surface area contributed by atoms with Crippen LogP contribution in [0.1, 0.15) is 0 Å². The van der Waals surface area contributed by atoms with Gasteiger partial charge in [-0.25, -0.2) is 4.98 Å². The highest BCUT2D eigenvalue weighted by Crippen LogP contribution is 2.36. The summed E-state index contributed by atoms with van der Waals surface area (Å²) < 4.78 is 8.47. The molecule has 0 amide bonds. The quantitative estimate of drug-likeness (QED) is 0.201. The van der Waals surface area contributed by atoms with Crippen LogP contribution in [0.3, 0.4) is 0 Å². The summed E-state index contributed by atoms with van der Waals surface area (Å²) in [5.41, 5.74) is 12.6. The van der Waals surface area contributed by atoms with Gasteiger partial charge in [0.2, 0.25) is 5.89 Å². The molecular weight excluding hydrogens is 562 g/mol. The highest BCUT2D eigenvalue weighted by atomic mass is 16.3. The van der Waals surface area contributed by atoms with Crippen molar-refractivity contribution < 1.29 is 4.42 Å². The first-order chi connectivity index (χ1) is 22.8. The van der Waals surface area contributed by atoms with Crippen LogP contribution < -0.4 is 0 Å². The number of pyridine rings is 1. The first-order valence-corrected chi connectivity index (χ1v) is 15.4. The standard InChI is InChI=1S/C42H27N3O/c1-2-9-28(10-3-1)29-17-19-30(20-18-29)31-23-24-43-38(26-31)32-11-8-12-34(25-32)45-39-15-6-4-13-35(39)36-22-21-33(27-40(36)45)42-44-37-14-5-7-16-41(37)46-42/h1-27H. The minimum Gasteiger partial charge on any atom is -0.436 e. The van der Waals surface area contributed by atoms with Crippen molar-refractivity contribution in [2.24, 2.45) is 0 Å². The summed E-state index contributed by atoms with van der Waals surface area (Å²) >= 11 is 0. The van der Waals surface area contributed by atoms with Crippen molar-refractivity contribution >= 4 is 32.9 Å². The van der Waals surface area contributed by atoms with Gasteiger partial charge in [0.05, 0.1) is 16.7 Å². The molecule has 216 valence electrons. The summed E-state index contributed by atoms with van der Waals surface area (Å²) in [6.45, 7) is 0. The Morgan fingerprint density at radius 2 is 1.15 bits per heavy atom. The van der Waals surface area contributed by atoms with Gasteiger partial charge in [-0.05, 0) is 76.9 Å². The van der Waals surface area contributed by atoms with E-state index in [4.69, 9.17) is 14.4 Å². The zero-order chi connectivity index (χ0) is 30.5. The number of para-hydroxylation sites is 3. The maximum absolute atomic E-state index is 6.15. The van der Waals surface area contributed by atoms with Crippen LogP contribution in [0.5, 0.6) is 0 Å². The first-order valence-electron chi connectivity index (χ1n) is 15.4. The molecule has 0 bridgehead atoms. The fraction of sp³-hybridized carbons (Fsp3) is 0. The van der Waals surface area contributed by atoms with Gasteiger partial charge in [0, 0.05) is 33.8 Å². The molecule has 0 aliphatic rings. The number of hydrogen-bond acceptors (Lipinski definition) is 3. The molecule has 0 aliphatic carbocycles. The number of oxazole rings is 1. The van der Waals surface area contributed by atoms with Crippen LogP contribution >= 0.6 is 0 Å². The number of fused-ring (bicyclic) bond motifs is 4. The molecule has 4 heteroatoms. The van der Waals surface area contributed by atoms with E-state index in [0.29, 0.717) is 5.89 Å². The smallest absolute Gasteiger partial charge is 0.227 e. The molecule has 4 nitrogen and oxygen atoms in total. The van der Waals surface area contributed by atoms with E-state index in [1.54, 1.807) is 0 Å². The summed E-state index contributed by atoms with van der Waals surface area (Å²) in [5.74, 6) is 0.617. The Bertz CT molecular complexity index is 2490. The van der Waals surface area contributed by atoms with E-state index in [9.17, 15) is 0 Å². The highest BCUT2D eigenvalue weighted by molar-refractivity contribution is 6.10. The Hall–Kier alpha value is -6.26. The molecule has 3 aromatic heterocycles. The van der Waals surface area contributed by atoms with Gasteiger partial charge in [-0.2, -0.15) is 0 Å². The second kappa shape index (κ2) is 10.7. The van der Waals surface area contributed by atoms with E-state index in [2.05, 4.69) is 132 Å². The van der Waals surface area contributed by atoms with Crippen LogP contribution in [0.15, 0.2) is 168 Å². The van der Waals surface area contributed by atoms with E-state index in [1.165, 1.54) is 21.9 Å². The molecule has 3 heterocycles. The fourth-order valence-corrected chi connectivity index (χ4v) is 6.44. The molecule has 0 fully saturated rings. The molecule has 0 unspecified atom stereocenters. The largest absolute Gasteiger partial charge is 0.436 e. The van der Waals surface area contributed by atoms with Crippen molar-refractivity contribution in [1.29, 1.82) is 0 Å². The zero-order valence-electron chi connectivity index (χ0n) is 24.8. The van der Waals surface area contributed by atoms with Crippen LogP contribution in [0.25, 0.3) is 83.6 Å². The van der Waals surface area contributed by atoms with E-state index in [0.717, 1.165) is 55.8 Å². The second-order valence-electron chi connectivity index (χ2n) is 11.5. The fourth-order valence-electron chi connectivity index (χ4n) is 6.44.